The number of nitrogens with two attached hydrogens (primary N) is 1. The van der Waals surface area contributed by atoms with E-state index in [4.69, 9.17) is 5.73 Å². The number of hydrogen-bond donors (Lipinski definition) is 1. The molecule has 0 spiro atoms. The highest BCUT2D eigenvalue weighted by Gasteiger charge is 2.18. The minimum absolute atomic E-state index is 0.707. The lowest BCUT2D eigenvalue weighted by Crippen LogP contribution is -2.38. The Balaban J connectivity index is 1.92. The fraction of sp³-hybridized carbons (Fsp3) is 0.667. The van der Waals surface area contributed by atoms with Gasteiger partial charge >= 0.3 is 0 Å². The van der Waals surface area contributed by atoms with Gasteiger partial charge < -0.3 is 10.3 Å². The lowest BCUT2D eigenvalue weighted by Gasteiger charge is -2.32. The van der Waals surface area contributed by atoms with Crippen molar-refractivity contribution in [2.45, 2.75) is 19.4 Å². The molecule has 1 unspecified atom stereocenters. The van der Waals surface area contributed by atoms with Gasteiger partial charge in [-0.25, -0.2) is 0 Å². The monoisotopic (exact) mass is 207 g/mol. The van der Waals surface area contributed by atoms with Crippen LogP contribution in [0.4, 0.5) is 0 Å². The van der Waals surface area contributed by atoms with Gasteiger partial charge in [0.05, 0.1) is 0 Å². The quantitative estimate of drug-likeness (QED) is 0.808. The summed E-state index contributed by atoms with van der Waals surface area (Å²) in [5.74, 6) is 0.707. The number of aryl methyl sites for hydroxylation is 1. The van der Waals surface area contributed by atoms with Crippen molar-refractivity contribution in [2.75, 3.05) is 19.6 Å². The maximum Gasteiger partial charge on any atom is 0.0387 e. The van der Waals surface area contributed by atoms with Crippen LogP contribution in [0, 0.1) is 5.92 Å². The van der Waals surface area contributed by atoms with Crippen LogP contribution in [0.3, 0.4) is 0 Å². The van der Waals surface area contributed by atoms with E-state index >= 15 is 0 Å². The Morgan fingerprint density at radius 1 is 1.53 bits per heavy atom. The lowest BCUT2D eigenvalue weighted by molar-refractivity contribution is 0.168. The van der Waals surface area contributed by atoms with E-state index in [0.717, 1.165) is 13.1 Å². The van der Waals surface area contributed by atoms with Gasteiger partial charge in [-0.3, -0.25) is 4.90 Å². The molecule has 0 bridgehead atoms. The van der Waals surface area contributed by atoms with Crippen molar-refractivity contribution in [3.8, 4) is 0 Å². The molecule has 15 heavy (non-hydrogen) atoms. The molecule has 1 saturated heterocycles. The minimum Gasteiger partial charge on any atom is -0.353 e. The number of rotatable bonds is 3. The van der Waals surface area contributed by atoms with E-state index in [1.165, 1.54) is 31.6 Å². The molecule has 1 aromatic heterocycles. The molecule has 1 aliphatic rings. The largest absolute Gasteiger partial charge is 0.353 e. The van der Waals surface area contributed by atoms with Gasteiger partial charge in [-0.2, -0.15) is 0 Å². The molecule has 0 amide bonds. The number of nitrogens with zero attached hydrogens (tertiary/aromatic N) is 2. The third kappa shape index (κ3) is 2.61. The second kappa shape index (κ2) is 4.81. The Hall–Kier alpha value is -0.800. The highest BCUT2D eigenvalue weighted by atomic mass is 15.1. The molecule has 1 aliphatic heterocycles. The number of aromatic nitrogens is 1. The van der Waals surface area contributed by atoms with Gasteiger partial charge in [0.15, 0.2) is 0 Å². The number of hydrogen-bond acceptors (Lipinski definition) is 2. The predicted molar refractivity (Wildman–Crippen MR) is 62.5 cm³/mol. The SMILES string of the molecule is Cn1cccc1CN1CCCC(CN)C1. The van der Waals surface area contributed by atoms with Crippen molar-refractivity contribution in [1.82, 2.24) is 9.47 Å². The molecule has 2 rings (SSSR count). The Labute approximate surface area is 91.9 Å². The maximum absolute atomic E-state index is 5.74. The van der Waals surface area contributed by atoms with Gasteiger partial charge in [-0.05, 0) is 44.0 Å². The first-order valence-electron chi connectivity index (χ1n) is 5.82. The Morgan fingerprint density at radius 2 is 2.40 bits per heavy atom. The van der Waals surface area contributed by atoms with Crippen LogP contribution in [0.2, 0.25) is 0 Å². The molecular formula is C12H21N3. The second-order valence-electron chi connectivity index (χ2n) is 4.59. The summed E-state index contributed by atoms with van der Waals surface area (Å²) in [7, 11) is 2.11. The van der Waals surface area contributed by atoms with E-state index < -0.39 is 0 Å². The molecule has 2 N–H and O–H groups in total. The van der Waals surface area contributed by atoms with Crippen molar-refractivity contribution in [2.24, 2.45) is 18.7 Å². The number of likely N-dealkylation sites (tertiary alicyclic amines) is 1. The Morgan fingerprint density at radius 3 is 3.07 bits per heavy atom. The fourth-order valence-electron chi connectivity index (χ4n) is 2.38. The van der Waals surface area contributed by atoms with Gasteiger partial charge in [-0.15, -0.1) is 0 Å². The Kier molecular flexibility index (Phi) is 3.44. The predicted octanol–water partition coefficient (Wildman–Crippen LogP) is 1.20. The van der Waals surface area contributed by atoms with Crippen LogP contribution in [0.5, 0.6) is 0 Å². The van der Waals surface area contributed by atoms with Crippen molar-refractivity contribution in [3.05, 3.63) is 24.0 Å². The van der Waals surface area contributed by atoms with Gasteiger partial charge in [0.25, 0.3) is 0 Å². The van der Waals surface area contributed by atoms with Crippen LogP contribution in [-0.2, 0) is 13.6 Å². The van der Waals surface area contributed by atoms with Crippen LogP contribution in [-0.4, -0.2) is 29.1 Å². The molecule has 1 fully saturated rings. The summed E-state index contributed by atoms with van der Waals surface area (Å²) in [6, 6.07) is 4.31. The zero-order valence-electron chi connectivity index (χ0n) is 9.52. The normalized spacial score (nSPS) is 23.2. The van der Waals surface area contributed by atoms with Crippen LogP contribution >= 0.6 is 0 Å². The van der Waals surface area contributed by atoms with Crippen molar-refractivity contribution >= 4 is 0 Å². The molecule has 3 heteroatoms. The van der Waals surface area contributed by atoms with Crippen LogP contribution in [0.25, 0.3) is 0 Å². The van der Waals surface area contributed by atoms with Crippen LogP contribution in [0.1, 0.15) is 18.5 Å². The van der Waals surface area contributed by atoms with E-state index in [-0.39, 0.29) is 0 Å². The average molecular weight is 207 g/mol. The van der Waals surface area contributed by atoms with Crippen molar-refractivity contribution in [1.29, 1.82) is 0 Å². The molecule has 3 nitrogen and oxygen atoms in total. The maximum atomic E-state index is 5.74. The van der Waals surface area contributed by atoms with Gasteiger partial charge in [0.1, 0.15) is 0 Å². The molecule has 1 atom stereocenters. The van der Waals surface area contributed by atoms with Gasteiger partial charge in [0, 0.05) is 32.0 Å². The smallest absolute Gasteiger partial charge is 0.0387 e. The van der Waals surface area contributed by atoms with Crippen molar-refractivity contribution < 1.29 is 0 Å². The summed E-state index contributed by atoms with van der Waals surface area (Å²) in [6.45, 7) is 4.30. The summed E-state index contributed by atoms with van der Waals surface area (Å²) in [6.07, 6.45) is 4.71. The summed E-state index contributed by atoms with van der Waals surface area (Å²) < 4.78 is 2.20. The summed E-state index contributed by atoms with van der Waals surface area (Å²) in [4.78, 5) is 2.52. The van der Waals surface area contributed by atoms with E-state index in [0.29, 0.717) is 5.92 Å². The lowest BCUT2D eigenvalue weighted by atomic mass is 9.98. The first-order valence-corrected chi connectivity index (χ1v) is 5.82. The third-order valence-corrected chi connectivity index (χ3v) is 3.37. The molecular weight excluding hydrogens is 186 g/mol. The molecule has 2 heterocycles. The zero-order chi connectivity index (χ0) is 10.7. The molecule has 0 aromatic carbocycles. The van der Waals surface area contributed by atoms with Crippen LogP contribution in [0.15, 0.2) is 18.3 Å². The molecule has 0 aliphatic carbocycles. The van der Waals surface area contributed by atoms with E-state index in [1.54, 1.807) is 0 Å². The van der Waals surface area contributed by atoms with E-state index in [9.17, 15) is 0 Å². The van der Waals surface area contributed by atoms with E-state index in [1.807, 2.05) is 0 Å². The van der Waals surface area contributed by atoms with Gasteiger partial charge in [-0.1, -0.05) is 0 Å². The van der Waals surface area contributed by atoms with Gasteiger partial charge in [0.2, 0.25) is 0 Å². The molecule has 0 saturated carbocycles. The van der Waals surface area contributed by atoms with Crippen molar-refractivity contribution in [3.63, 3.8) is 0 Å². The standard InChI is InChI=1S/C12H21N3/c1-14-6-3-5-12(14)10-15-7-2-4-11(8-13)9-15/h3,5-6,11H,2,4,7-10,13H2,1H3. The second-order valence-corrected chi connectivity index (χ2v) is 4.59. The summed E-state index contributed by atoms with van der Waals surface area (Å²) in [5, 5.41) is 0. The molecule has 84 valence electrons. The summed E-state index contributed by atoms with van der Waals surface area (Å²) >= 11 is 0. The van der Waals surface area contributed by atoms with Crippen LogP contribution < -0.4 is 5.73 Å². The third-order valence-electron chi connectivity index (χ3n) is 3.37. The minimum atomic E-state index is 0.707. The average Bonchev–Trinajstić information content (AvgIpc) is 2.65. The highest BCUT2D eigenvalue weighted by molar-refractivity contribution is 5.06. The number of piperidine rings is 1. The topological polar surface area (TPSA) is 34.2 Å². The first kappa shape index (κ1) is 10.7. The zero-order valence-corrected chi connectivity index (χ0v) is 9.52. The summed E-state index contributed by atoms with van der Waals surface area (Å²) in [5.41, 5.74) is 7.13. The Bertz CT molecular complexity index is 306. The van der Waals surface area contributed by atoms with E-state index in [2.05, 4.69) is 34.8 Å². The first-order chi connectivity index (χ1) is 7.29. The molecule has 1 aromatic rings. The highest BCUT2D eigenvalue weighted by Crippen LogP contribution is 2.17. The fourth-order valence-corrected chi connectivity index (χ4v) is 2.38. The molecule has 0 radical (unpaired) electrons.